The van der Waals surface area contributed by atoms with Crippen LogP contribution in [0.5, 0.6) is 0 Å². The van der Waals surface area contributed by atoms with Gasteiger partial charge in [-0.1, -0.05) is 100 Å². The van der Waals surface area contributed by atoms with Gasteiger partial charge < -0.3 is 13.9 Å². The second kappa shape index (κ2) is 9.40. The van der Waals surface area contributed by atoms with Crippen molar-refractivity contribution in [1.82, 2.24) is 0 Å². The van der Waals surface area contributed by atoms with Gasteiger partial charge in [0.25, 0.3) is 8.32 Å². The van der Waals surface area contributed by atoms with Gasteiger partial charge in [0.2, 0.25) is 0 Å². The Labute approximate surface area is 218 Å². The number of benzene rings is 2. The zero-order chi connectivity index (χ0) is 25.6. The predicted molar refractivity (Wildman–Crippen MR) is 150 cm³/mol. The molecule has 0 amide bonds. The van der Waals surface area contributed by atoms with Gasteiger partial charge in [0.15, 0.2) is 5.79 Å². The summed E-state index contributed by atoms with van der Waals surface area (Å²) >= 11 is 0. The largest absolute Gasteiger partial charge is 0.407 e. The molecule has 4 heteroatoms. The van der Waals surface area contributed by atoms with Crippen molar-refractivity contribution >= 4 is 18.7 Å². The molecule has 0 unspecified atom stereocenters. The first-order valence-corrected chi connectivity index (χ1v) is 15.5. The van der Waals surface area contributed by atoms with Crippen molar-refractivity contribution in [2.45, 2.75) is 82.8 Å². The molecule has 36 heavy (non-hydrogen) atoms. The van der Waals surface area contributed by atoms with Crippen LogP contribution in [-0.4, -0.2) is 32.4 Å². The fourth-order valence-corrected chi connectivity index (χ4v) is 12.0. The molecule has 3 nitrogen and oxygen atoms in total. The monoisotopic (exact) mass is 502 g/mol. The maximum Gasteiger partial charge on any atom is 0.261 e. The molecule has 192 valence electrons. The van der Waals surface area contributed by atoms with Gasteiger partial charge in [0.1, 0.15) is 5.60 Å². The summed E-state index contributed by atoms with van der Waals surface area (Å²) in [6.07, 6.45) is 8.65. The molecule has 2 aromatic carbocycles. The summed E-state index contributed by atoms with van der Waals surface area (Å²) in [4.78, 5) is 0. The van der Waals surface area contributed by atoms with Crippen LogP contribution in [0.15, 0.2) is 85.0 Å². The average Bonchev–Trinajstić information content (AvgIpc) is 3.14. The van der Waals surface area contributed by atoms with E-state index in [9.17, 15) is 0 Å². The van der Waals surface area contributed by atoms with E-state index in [1.54, 1.807) is 0 Å². The smallest absolute Gasteiger partial charge is 0.261 e. The van der Waals surface area contributed by atoms with E-state index in [0.29, 0.717) is 11.8 Å². The lowest BCUT2D eigenvalue weighted by molar-refractivity contribution is -0.169. The fraction of sp³-hybridized carbons (Fsp3) is 0.500. The molecule has 0 aromatic heterocycles. The minimum absolute atomic E-state index is 0.0295. The van der Waals surface area contributed by atoms with Crippen LogP contribution in [0.3, 0.4) is 0 Å². The molecule has 1 spiro atoms. The van der Waals surface area contributed by atoms with Crippen molar-refractivity contribution in [2.24, 2.45) is 11.8 Å². The van der Waals surface area contributed by atoms with Gasteiger partial charge in [-0.25, -0.2) is 0 Å². The van der Waals surface area contributed by atoms with Crippen LogP contribution >= 0.6 is 0 Å². The standard InChI is InChI=1S/C32H42O3Si/c1-7-25-15-14-20-28-24(21-22-29-32(25,28)35-31(5,6)34-29)23-33-36(30(2,3)4,26-16-10-8-11-17-26)27-18-12-9-13-19-27/h7-13,15-19,24,28-29H,1,14,20-23H2,2-6H3/t24-,28+,29+,32-/m0/s1. The maximum absolute atomic E-state index is 7.42. The summed E-state index contributed by atoms with van der Waals surface area (Å²) in [6, 6.07) is 21.9. The Hall–Kier alpha value is -1.98. The van der Waals surface area contributed by atoms with Crippen molar-refractivity contribution < 1.29 is 13.9 Å². The minimum atomic E-state index is -2.59. The van der Waals surface area contributed by atoms with Crippen LogP contribution in [0, 0.1) is 11.8 Å². The third kappa shape index (κ3) is 4.07. The molecule has 1 aliphatic heterocycles. The lowest BCUT2D eigenvalue weighted by atomic mass is 9.60. The fourth-order valence-electron chi connectivity index (χ4n) is 7.35. The topological polar surface area (TPSA) is 27.7 Å². The highest BCUT2D eigenvalue weighted by atomic mass is 28.4. The molecule has 4 atom stereocenters. The maximum atomic E-state index is 7.42. The summed E-state index contributed by atoms with van der Waals surface area (Å²) in [5.74, 6) is 0.175. The molecule has 1 saturated heterocycles. The summed E-state index contributed by atoms with van der Waals surface area (Å²) in [5.41, 5.74) is 0.797. The quantitative estimate of drug-likeness (QED) is 0.429. The Balaban J connectivity index is 1.53. The highest BCUT2D eigenvalue weighted by Gasteiger charge is 2.63. The van der Waals surface area contributed by atoms with Crippen LogP contribution in [0.25, 0.3) is 0 Å². The number of rotatable bonds is 6. The normalized spacial score (nSPS) is 29.7. The highest BCUT2D eigenvalue weighted by Crippen LogP contribution is 2.57. The van der Waals surface area contributed by atoms with E-state index in [2.05, 4.69) is 108 Å². The molecule has 0 bridgehead atoms. The zero-order valence-corrected chi connectivity index (χ0v) is 23.6. The first kappa shape index (κ1) is 25.7. The van der Waals surface area contributed by atoms with Gasteiger partial charge >= 0.3 is 0 Å². The molecule has 0 N–H and O–H groups in total. The van der Waals surface area contributed by atoms with Crippen molar-refractivity contribution in [3.8, 4) is 0 Å². The van der Waals surface area contributed by atoms with E-state index >= 15 is 0 Å². The van der Waals surface area contributed by atoms with Crippen molar-refractivity contribution in [3.63, 3.8) is 0 Å². The van der Waals surface area contributed by atoms with E-state index in [1.165, 1.54) is 15.9 Å². The number of ether oxygens (including phenoxy) is 2. The number of allylic oxidation sites excluding steroid dienone is 1. The van der Waals surface area contributed by atoms with Gasteiger partial charge in [0.05, 0.1) is 6.10 Å². The minimum Gasteiger partial charge on any atom is -0.407 e. The Kier molecular flexibility index (Phi) is 6.70. The Morgan fingerprint density at radius 1 is 0.972 bits per heavy atom. The molecule has 2 fully saturated rings. The van der Waals surface area contributed by atoms with Gasteiger partial charge in [-0.05, 0) is 66.4 Å². The lowest BCUT2D eigenvalue weighted by Gasteiger charge is -2.51. The van der Waals surface area contributed by atoms with Crippen LogP contribution in [0.2, 0.25) is 5.04 Å². The second-order valence-electron chi connectivity index (χ2n) is 12.3. The van der Waals surface area contributed by atoms with E-state index in [0.717, 1.165) is 32.3 Å². The van der Waals surface area contributed by atoms with Crippen LogP contribution < -0.4 is 10.4 Å². The van der Waals surface area contributed by atoms with E-state index in [-0.39, 0.29) is 11.1 Å². The molecule has 1 heterocycles. The SMILES string of the molecule is C=CC1=CCC[C@@H]2[C@H](CO[Si](c3ccccc3)(c3ccccc3)C(C)(C)C)CC[C@H]3OC(C)(C)O[C@@]123. The second-order valence-corrected chi connectivity index (χ2v) is 16.6. The molecule has 2 aromatic rings. The molecule has 2 aliphatic carbocycles. The van der Waals surface area contributed by atoms with E-state index in [4.69, 9.17) is 13.9 Å². The van der Waals surface area contributed by atoms with Crippen molar-refractivity contribution in [2.75, 3.05) is 6.61 Å². The van der Waals surface area contributed by atoms with Gasteiger partial charge in [-0.3, -0.25) is 0 Å². The Morgan fingerprint density at radius 2 is 1.58 bits per heavy atom. The van der Waals surface area contributed by atoms with Crippen LogP contribution in [0.4, 0.5) is 0 Å². The van der Waals surface area contributed by atoms with Gasteiger partial charge in [0, 0.05) is 12.5 Å². The highest BCUT2D eigenvalue weighted by molar-refractivity contribution is 6.99. The lowest BCUT2D eigenvalue weighted by Crippen LogP contribution is -2.67. The number of hydrogen-bond acceptors (Lipinski definition) is 3. The molecular weight excluding hydrogens is 460 g/mol. The summed E-state index contributed by atoms with van der Waals surface area (Å²) in [6.45, 7) is 16.1. The summed E-state index contributed by atoms with van der Waals surface area (Å²) in [7, 11) is -2.59. The van der Waals surface area contributed by atoms with Crippen molar-refractivity contribution in [3.05, 3.63) is 85.0 Å². The molecule has 0 radical (unpaired) electrons. The van der Waals surface area contributed by atoms with Crippen molar-refractivity contribution in [1.29, 1.82) is 0 Å². The third-order valence-corrected chi connectivity index (χ3v) is 13.7. The predicted octanol–water partition coefficient (Wildman–Crippen LogP) is 6.39. The van der Waals surface area contributed by atoms with E-state index in [1.807, 2.05) is 6.08 Å². The number of hydrogen-bond donors (Lipinski definition) is 0. The summed E-state index contributed by atoms with van der Waals surface area (Å²) in [5, 5.41) is 2.64. The summed E-state index contributed by atoms with van der Waals surface area (Å²) < 4.78 is 20.7. The Bertz CT molecular complexity index is 1060. The van der Waals surface area contributed by atoms with E-state index < -0.39 is 19.7 Å². The van der Waals surface area contributed by atoms with Crippen LogP contribution in [0.1, 0.15) is 60.3 Å². The molecule has 5 rings (SSSR count). The first-order valence-electron chi connectivity index (χ1n) is 13.6. The first-order chi connectivity index (χ1) is 17.1. The zero-order valence-electron chi connectivity index (χ0n) is 22.6. The van der Waals surface area contributed by atoms with Gasteiger partial charge in [-0.15, -0.1) is 0 Å². The molecular formula is C32H42O3Si. The third-order valence-electron chi connectivity index (χ3n) is 8.68. The molecule has 1 saturated carbocycles. The van der Waals surface area contributed by atoms with Crippen LogP contribution in [-0.2, 0) is 13.9 Å². The Morgan fingerprint density at radius 3 is 2.14 bits per heavy atom. The average molecular weight is 503 g/mol. The van der Waals surface area contributed by atoms with Gasteiger partial charge in [-0.2, -0.15) is 0 Å². The molecule has 3 aliphatic rings.